The number of rotatable bonds is 4. The fourth-order valence-electron chi connectivity index (χ4n) is 2.13. The predicted octanol–water partition coefficient (Wildman–Crippen LogP) is 2.79. The summed E-state index contributed by atoms with van der Waals surface area (Å²) in [4.78, 5) is 17.5. The molecule has 0 saturated carbocycles. The summed E-state index contributed by atoms with van der Waals surface area (Å²) in [5.41, 5.74) is 1.18. The van der Waals surface area contributed by atoms with Crippen LogP contribution in [0.2, 0.25) is 0 Å². The van der Waals surface area contributed by atoms with Gasteiger partial charge in [-0.1, -0.05) is 23.8 Å². The number of pyridine rings is 1. The van der Waals surface area contributed by atoms with Gasteiger partial charge < -0.3 is 9.47 Å². The van der Waals surface area contributed by atoms with Crippen molar-refractivity contribution < 1.29 is 14.3 Å². The number of nitrogens with zero attached hydrogens (tertiary/aromatic N) is 2. The molecule has 0 radical (unpaired) electrons. The second kappa shape index (κ2) is 5.83. The zero-order valence-corrected chi connectivity index (χ0v) is 11.7. The topological polar surface area (TPSA) is 51.7 Å². The van der Waals surface area contributed by atoms with Crippen LogP contribution >= 0.6 is 0 Å². The van der Waals surface area contributed by atoms with Crippen molar-refractivity contribution in [1.29, 1.82) is 0 Å². The van der Waals surface area contributed by atoms with Gasteiger partial charge in [0.15, 0.2) is 6.10 Å². The fourth-order valence-corrected chi connectivity index (χ4v) is 2.13. The summed E-state index contributed by atoms with van der Waals surface area (Å²) in [5.74, 6) is 1.37. The van der Waals surface area contributed by atoms with E-state index in [9.17, 15) is 4.79 Å². The van der Waals surface area contributed by atoms with Gasteiger partial charge >= 0.3 is 6.09 Å². The van der Waals surface area contributed by atoms with Crippen LogP contribution in [-0.4, -0.2) is 30.3 Å². The number of carbonyl (C=O) groups is 1. The Labute approximate surface area is 123 Å². The van der Waals surface area contributed by atoms with Crippen molar-refractivity contribution in [3.8, 4) is 5.75 Å². The zero-order chi connectivity index (χ0) is 14.7. The number of cyclic esters (lactones) is 1. The molecule has 1 aromatic carbocycles. The number of aromatic nitrogens is 1. The van der Waals surface area contributed by atoms with Crippen LogP contribution in [0.1, 0.15) is 5.56 Å². The molecule has 0 spiro atoms. The molecule has 0 bridgehead atoms. The average Bonchev–Trinajstić information content (AvgIpc) is 2.89. The Morgan fingerprint density at radius 3 is 2.81 bits per heavy atom. The molecule has 5 nitrogen and oxygen atoms in total. The van der Waals surface area contributed by atoms with Crippen molar-refractivity contribution in [2.45, 2.75) is 13.0 Å². The first-order chi connectivity index (χ1) is 10.2. The normalized spacial score (nSPS) is 17.7. The Hall–Kier alpha value is -2.56. The van der Waals surface area contributed by atoms with E-state index in [2.05, 4.69) is 4.98 Å². The molecule has 108 valence electrons. The number of benzene rings is 1. The lowest BCUT2D eigenvalue weighted by Gasteiger charge is -2.12. The van der Waals surface area contributed by atoms with Gasteiger partial charge in [-0.15, -0.1) is 0 Å². The first-order valence-electron chi connectivity index (χ1n) is 6.81. The SMILES string of the molecule is Cc1ccc(OCC2CN(c3ccccn3)C(=O)O2)cc1. The number of amides is 1. The average molecular weight is 284 g/mol. The van der Waals surface area contributed by atoms with Crippen molar-refractivity contribution in [1.82, 2.24) is 4.98 Å². The molecular weight excluding hydrogens is 268 g/mol. The monoisotopic (exact) mass is 284 g/mol. The Kier molecular flexibility index (Phi) is 3.73. The molecule has 1 atom stereocenters. The third-order valence-electron chi connectivity index (χ3n) is 3.26. The van der Waals surface area contributed by atoms with Gasteiger partial charge in [0, 0.05) is 6.20 Å². The lowest BCUT2D eigenvalue weighted by molar-refractivity contribution is 0.105. The Bertz CT molecular complexity index is 613. The van der Waals surface area contributed by atoms with E-state index < -0.39 is 0 Å². The summed E-state index contributed by atoms with van der Waals surface area (Å²) < 4.78 is 10.9. The highest BCUT2D eigenvalue weighted by Crippen LogP contribution is 2.20. The van der Waals surface area contributed by atoms with Gasteiger partial charge in [-0.2, -0.15) is 0 Å². The van der Waals surface area contributed by atoms with Gasteiger partial charge in [0.1, 0.15) is 18.2 Å². The summed E-state index contributed by atoms with van der Waals surface area (Å²) in [6.45, 7) is 2.80. The number of aryl methyl sites for hydroxylation is 1. The summed E-state index contributed by atoms with van der Waals surface area (Å²) in [5, 5.41) is 0. The van der Waals surface area contributed by atoms with Crippen LogP contribution in [0.3, 0.4) is 0 Å². The third-order valence-corrected chi connectivity index (χ3v) is 3.26. The largest absolute Gasteiger partial charge is 0.490 e. The van der Waals surface area contributed by atoms with Crippen molar-refractivity contribution in [2.24, 2.45) is 0 Å². The quantitative estimate of drug-likeness (QED) is 0.866. The molecule has 1 saturated heterocycles. The van der Waals surface area contributed by atoms with E-state index in [1.807, 2.05) is 43.3 Å². The van der Waals surface area contributed by atoms with Crippen LogP contribution < -0.4 is 9.64 Å². The van der Waals surface area contributed by atoms with Crippen LogP contribution in [0.15, 0.2) is 48.7 Å². The Balaban J connectivity index is 1.59. The van der Waals surface area contributed by atoms with Gasteiger partial charge in [0.2, 0.25) is 0 Å². The maximum absolute atomic E-state index is 11.8. The van der Waals surface area contributed by atoms with E-state index in [-0.39, 0.29) is 12.2 Å². The minimum absolute atomic E-state index is 0.291. The van der Waals surface area contributed by atoms with Crippen LogP contribution in [0.5, 0.6) is 5.75 Å². The highest BCUT2D eigenvalue weighted by molar-refractivity contribution is 5.88. The van der Waals surface area contributed by atoms with E-state index in [1.54, 1.807) is 12.3 Å². The Morgan fingerprint density at radius 1 is 1.29 bits per heavy atom. The highest BCUT2D eigenvalue weighted by atomic mass is 16.6. The smallest absolute Gasteiger partial charge is 0.416 e. The lowest BCUT2D eigenvalue weighted by atomic mass is 10.2. The molecule has 0 aliphatic carbocycles. The van der Waals surface area contributed by atoms with Gasteiger partial charge in [0.25, 0.3) is 0 Å². The minimum Gasteiger partial charge on any atom is -0.490 e. The van der Waals surface area contributed by atoms with Crippen LogP contribution in [0.4, 0.5) is 10.6 Å². The summed E-state index contributed by atoms with van der Waals surface area (Å²) in [7, 11) is 0. The summed E-state index contributed by atoms with van der Waals surface area (Å²) >= 11 is 0. The lowest BCUT2D eigenvalue weighted by Crippen LogP contribution is -2.27. The van der Waals surface area contributed by atoms with Gasteiger partial charge in [-0.25, -0.2) is 9.78 Å². The maximum atomic E-state index is 11.8. The molecular formula is C16H16N2O3. The molecule has 0 N–H and O–H groups in total. The third kappa shape index (κ3) is 3.13. The standard InChI is InChI=1S/C16H16N2O3/c1-12-5-7-13(8-6-12)20-11-14-10-18(16(19)21-14)15-4-2-3-9-17-15/h2-9,14H,10-11H2,1H3. The highest BCUT2D eigenvalue weighted by Gasteiger charge is 2.33. The molecule has 1 aliphatic heterocycles. The fraction of sp³-hybridized carbons (Fsp3) is 0.250. The Morgan fingerprint density at radius 2 is 2.10 bits per heavy atom. The van der Waals surface area contributed by atoms with E-state index >= 15 is 0 Å². The molecule has 1 aromatic heterocycles. The van der Waals surface area contributed by atoms with Crippen LogP contribution in [0.25, 0.3) is 0 Å². The van der Waals surface area contributed by atoms with E-state index in [0.717, 1.165) is 5.75 Å². The molecule has 1 amide bonds. The summed E-state index contributed by atoms with van der Waals surface area (Å²) in [6, 6.07) is 13.2. The zero-order valence-electron chi connectivity index (χ0n) is 11.7. The number of carbonyl (C=O) groups excluding carboxylic acids is 1. The van der Waals surface area contributed by atoms with Crippen molar-refractivity contribution in [3.05, 3.63) is 54.2 Å². The summed E-state index contributed by atoms with van der Waals surface area (Å²) in [6.07, 6.45) is 0.977. The predicted molar refractivity (Wildman–Crippen MR) is 78.5 cm³/mol. The number of anilines is 1. The second-order valence-corrected chi connectivity index (χ2v) is 4.93. The molecule has 1 unspecified atom stereocenters. The maximum Gasteiger partial charge on any atom is 0.416 e. The van der Waals surface area contributed by atoms with E-state index in [4.69, 9.17) is 9.47 Å². The van der Waals surface area contributed by atoms with Crippen LogP contribution in [-0.2, 0) is 4.74 Å². The molecule has 2 aromatic rings. The number of hydrogen-bond acceptors (Lipinski definition) is 4. The number of ether oxygens (including phenoxy) is 2. The molecule has 1 fully saturated rings. The van der Waals surface area contributed by atoms with E-state index in [0.29, 0.717) is 19.0 Å². The molecule has 5 heteroatoms. The van der Waals surface area contributed by atoms with E-state index in [1.165, 1.54) is 10.5 Å². The van der Waals surface area contributed by atoms with Gasteiger partial charge in [-0.3, -0.25) is 4.90 Å². The molecule has 21 heavy (non-hydrogen) atoms. The first-order valence-corrected chi connectivity index (χ1v) is 6.81. The van der Waals surface area contributed by atoms with Crippen molar-refractivity contribution >= 4 is 11.9 Å². The molecule has 3 rings (SSSR count). The minimum atomic E-state index is -0.383. The van der Waals surface area contributed by atoms with Crippen molar-refractivity contribution in [2.75, 3.05) is 18.1 Å². The molecule has 2 heterocycles. The van der Waals surface area contributed by atoms with Gasteiger partial charge in [-0.05, 0) is 31.2 Å². The second-order valence-electron chi connectivity index (χ2n) is 4.93. The van der Waals surface area contributed by atoms with Crippen LogP contribution in [0, 0.1) is 6.92 Å². The number of hydrogen-bond donors (Lipinski definition) is 0. The first kappa shape index (κ1) is 13.4. The molecule has 1 aliphatic rings. The van der Waals surface area contributed by atoms with Gasteiger partial charge in [0.05, 0.1) is 6.54 Å². The van der Waals surface area contributed by atoms with Crippen molar-refractivity contribution in [3.63, 3.8) is 0 Å².